The van der Waals surface area contributed by atoms with E-state index in [9.17, 15) is 14.0 Å². The molecule has 2 amide bonds. The summed E-state index contributed by atoms with van der Waals surface area (Å²) in [4.78, 5) is 28.5. The fourth-order valence-electron chi connectivity index (χ4n) is 3.05. The van der Waals surface area contributed by atoms with E-state index < -0.39 is 0 Å². The van der Waals surface area contributed by atoms with E-state index >= 15 is 0 Å². The Bertz CT molecular complexity index is 1010. The summed E-state index contributed by atoms with van der Waals surface area (Å²) in [5.74, 6) is -0.292. The third-order valence-electron chi connectivity index (χ3n) is 4.27. The number of urea groups is 1. The lowest BCUT2D eigenvalue weighted by atomic mass is 10.1. The highest BCUT2D eigenvalue weighted by atomic mass is 19.1. The van der Waals surface area contributed by atoms with Crippen molar-refractivity contribution in [1.82, 2.24) is 9.88 Å². The van der Waals surface area contributed by atoms with Crippen LogP contribution in [0.5, 0.6) is 0 Å². The van der Waals surface area contributed by atoms with Gasteiger partial charge < -0.3 is 15.2 Å². The molecule has 0 bridgehead atoms. The van der Waals surface area contributed by atoms with Gasteiger partial charge in [-0.15, -0.1) is 0 Å². The van der Waals surface area contributed by atoms with Crippen LogP contribution in [-0.4, -0.2) is 15.9 Å². The minimum Gasteiger partial charge on any atom is -0.329 e. The molecule has 0 spiro atoms. The topological polar surface area (TPSA) is 65.2 Å². The predicted molar refractivity (Wildman–Crippen MR) is 89.2 cm³/mol. The number of nitrogens with one attached hydrogen (secondary N) is 2. The Balaban J connectivity index is 1.61. The number of rotatable bonds is 1. The van der Waals surface area contributed by atoms with E-state index in [0.717, 1.165) is 5.56 Å². The van der Waals surface area contributed by atoms with Gasteiger partial charge in [0.15, 0.2) is 0 Å². The summed E-state index contributed by atoms with van der Waals surface area (Å²) in [5.41, 5.74) is 1.72. The zero-order valence-corrected chi connectivity index (χ0v) is 12.7. The Morgan fingerprint density at radius 2 is 1.92 bits per heavy atom. The SMILES string of the molecule is O=C(Nc1cccc2c(=O)[nH]ccc12)N1Cc2cccc(F)c2C1. The normalized spacial score (nSPS) is 13.1. The zero-order chi connectivity index (χ0) is 16.7. The smallest absolute Gasteiger partial charge is 0.322 e. The molecule has 5 nitrogen and oxygen atoms in total. The molecule has 6 heteroatoms. The molecular formula is C18H14FN3O2. The first-order valence-electron chi connectivity index (χ1n) is 7.56. The van der Waals surface area contributed by atoms with Gasteiger partial charge in [0.25, 0.3) is 5.56 Å². The first-order valence-corrected chi connectivity index (χ1v) is 7.56. The van der Waals surface area contributed by atoms with Crippen molar-refractivity contribution >= 4 is 22.5 Å². The Morgan fingerprint density at radius 1 is 1.08 bits per heavy atom. The number of pyridine rings is 1. The maximum Gasteiger partial charge on any atom is 0.322 e. The monoisotopic (exact) mass is 323 g/mol. The Kier molecular flexibility index (Phi) is 3.30. The van der Waals surface area contributed by atoms with Crippen LogP contribution < -0.4 is 10.9 Å². The number of carbonyl (C=O) groups is 1. The van der Waals surface area contributed by atoms with Crippen molar-refractivity contribution in [3.63, 3.8) is 0 Å². The van der Waals surface area contributed by atoms with E-state index in [1.54, 1.807) is 41.4 Å². The molecule has 2 heterocycles. The highest BCUT2D eigenvalue weighted by molar-refractivity contribution is 6.01. The summed E-state index contributed by atoms with van der Waals surface area (Å²) in [6, 6.07) is 11.4. The van der Waals surface area contributed by atoms with E-state index in [-0.39, 0.29) is 24.0 Å². The van der Waals surface area contributed by atoms with E-state index in [0.29, 0.717) is 28.6 Å². The summed E-state index contributed by atoms with van der Waals surface area (Å²) in [5, 5.41) is 3.99. The highest BCUT2D eigenvalue weighted by Crippen LogP contribution is 2.27. The van der Waals surface area contributed by atoms with Crippen molar-refractivity contribution in [3.05, 3.63) is 76.0 Å². The lowest BCUT2D eigenvalue weighted by Gasteiger charge is -2.17. The van der Waals surface area contributed by atoms with Crippen LogP contribution in [0.25, 0.3) is 10.8 Å². The van der Waals surface area contributed by atoms with Gasteiger partial charge in [-0.3, -0.25) is 4.79 Å². The number of hydrogen-bond acceptors (Lipinski definition) is 2. The molecule has 24 heavy (non-hydrogen) atoms. The molecule has 1 aliphatic rings. The van der Waals surface area contributed by atoms with Crippen molar-refractivity contribution in [3.8, 4) is 0 Å². The molecule has 4 rings (SSSR count). The van der Waals surface area contributed by atoms with Gasteiger partial charge in [0.05, 0.1) is 12.2 Å². The maximum absolute atomic E-state index is 13.8. The van der Waals surface area contributed by atoms with Crippen molar-refractivity contribution in [2.24, 2.45) is 0 Å². The number of aromatic nitrogens is 1. The van der Waals surface area contributed by atoms with E-state index in [2.05, 4.69) is 10.3 Å². The second-order valence-electron chi connectivity index (χ2n) is 5.74. The number of aromatic amines is 1. The van der Waals surface area contributed by atoms with Crippen LogP contribution in [-0.2, 0) is 13.1 Å². The average Bonchev–Trinajstić information content (AvgIpc) is 3.02. The largest absolute Gasteiger partial charge is 0.329 e. The molecular weight excluding hydrogens is 309 g/mol. The van der Waals surface area contributed by atoms with Gasteiger partial charge >= 0.3 is 6.03 Å². The third-order valence-corrected chi connectivity index (χ3v) is 4.27. The molecule has 1 aromatic heterocycles. The molecule has 0 radical (unpaired) electrons. The molecule has 120 valence electrons. The molecule has 2 N–H and O–H groups in total. The summed E-state index contributed by atoms with van der Waals surface area (Å²) < 4.78 is 13.8. The average molecular weight is 323 g/mol. The van der Waals surface area contributed by atoms with Crippen molar-refractivity contribution in [2.45, 2.75) is 13.1 Å². The second-order valence-corrected chi connectivity index (χ2v) is 5.74. The molecule has 0 atom stereocenters. The van der Waals surface area contributed by atoms with Crippen LogP contribution in [0.4, 0.5) is 14.9 Å². The van der Waals surface area contributed by atoms with Crippen molar-refractivity contribution in [1.29, 1.82) is 0 Å². The van der Waals surface area contributed by atoms with Crippen LogP contribution in [0.3, 0.4) is 0 Å². The van der Waals surface area contributed by atoms with Crippen LogP contribution in [0, 0.1) is 5.82 Å². The molecule has 0 saturated heterocycles. The second kappa shape index (κ2) is 5.49. The standard InChI is InChI=1S/C18H14FN3O2/c19-15-5-1-3-11-9-22(10-14(11)15)18(24)21-16-6-2-4-13-12(16)7-8-20-17(13)23/h1-8H,9-10H2,(H,20,23)(H,21,24). The minimum absolute atomic E-state index is 0.209. The summed E-state index contributed by atoms with van der Waals surface area (Å²) in [6.45, 7) is 0.601. The summed E-state index contributed by atoms with van der Waals surface area (Å²) in [6.07, 6.45) is 1.54. The quantitative estimate of drug-likeness (QED) is 0.722. The lowest BCUT2D eigenvalue weighted by Crippen LogP contribution is -2.30. The zero-order valence-electron chi connectivity index (χ0n) is 12.7. The van der Waals surface area contributed by atoms with Crippen LogP contribution in [0.15, 0.2) is 53.5 Å². The number of anilines is 1. The van der Waals surface area contributed by atoms with Gasteiger partial charge in [0.1, 0.15) is 5.82 Å². The van der Waals surface area contributed by atoms with E-state index in [1.165, 1.54) is 6.07 Å². The highest BCUT2D eigenvalue weighted by Gasteiger charge is 2.25. The van der Waals surface area contributed by atoms with Gasteiger partial charge in [-0.1, -0.05) is 18.2 Å². The Labute approximate surface area is 136 Å². The third kappa shape index (κ3) is 2.32. The van der Waals surface area contributed by atoms with Gasteiger partial charge in [0.2, 0.25) is 0 Å². The first kappa shape index (κ1) is 14.4. The van der Waals surface area contributed by atoms with Gasteiger partial charge in [-0.05, 0) is 29.8 Å². The van der Waals surface area contributed by atoms with E-state index in [4.69, 9.17) is 0 Å². The number of nitrogens with zero attached hydrogens (tertiary/aromatic N) is 1. The number of carbonyl (C=O) groups excluding carboxylic acids is 1. The van der Waals surface area contributed by atoms with Crippen LogP contribution in [0.1, 0.15) is 11.1 Å². The van der Waals surface area contributed by atoms with Crippen LogP contribution >= 0.6 is 0 Å². The molecule has 1 aliphatic heterocycles. The number of benzene rings is 2. The number of fused-ring (bicyclic) bond motifs is 2. The fraction of sp³-hybridized carbons (Fsp3) is 0.111. The fourth-order valence-corrected chi connectivity index (χ4v) is 3.05. The Morgan fingerprint density at radius 3 is 2.75 bits per heavy atom. The Hall–Kier alpha value is -3.15. The number of amides is 2. The lowest BCUT2D eigenvalue weighted by molar-refractivity contribution is 0.212. The molecule has 3 aromatic rings. The van der Waals surface area contributed by atoms with Gasteiger partial charge in [0, 0.05) is 29.1 Å². The molecule has 0 aliphatic carbocycles. The summed E-state index contributed by atoms with van der Waals surface area (Å²) >= 11 is 0. The number of hydrogen-bond donors (Lipinski definition) is 2. The predicted octanol–water partition coefficient (Wildman–Crippen LogP) is 3.21. The van der Waals surface area contributed by atoms with Crippen molar-refractivity contribution in [2.75, 3.05) is 5.32 Å². The van der Waals surface area contributed by atoms with Gasteiger partial charge in [-0.25, -0.2) is 9.18 Å². The molecule has 2 aromatic carbocycles. The van der Waals surface area contributed by atoms with Crippen molar-refractivity contribution < 1.29 is 9.18 Å². The summed E-state index contributed by atoms with van der Waals surface area (Å²) in [7, 11) is 0. The maximum atomic E-state index is 13.8. The molecule has 0 fully saturated rings. The minimum atomic E-state index is -0.321. The van der Waals surface area contributed by atoms with Crippen LogP contribution in [0.2, 0.25) is 0 Å². The molecule has 0 saturated carbocycles. The number of halogens is 1. The number of H-pyrrole nitrogens is 1. The van der Waals surface area contributed by atoms with Gasteiger partial charge in [-0.2, -0.15) is 0 Å². The van der Waals surface area contributed by atoms with E-state index in [1.807, 2.05) is 6.07 Å². The first-order chi connectivity index (χ1) is 11.6. The molecule has 0 unspecified atom stereocenters.